The van der Waals surface area contributed by atoms with E-state index in [1.54, 1.807) is 16.2 Å². The lowest BCUT2D eigenvalue weighted by molar-refractivity contribution is -0.137. The van der Waals surface area contributed by atoms with Gasteiger partial charge < -0.3 is 15.0 Å². The second kappa shape index (κ2) is 6.36. The first-order valence-corrected chi connectivity index (χ1v) is 9.77. The third-order valence-electron chi connectivity index (χ3n) is 5.83. The molecule has 1 spiro atoms. The van der Waals surface area contributed by atoms with Crippen LogP contribution < -0.4 is 5.32 Å². The molecule has 1 N–H and O–H groups in total. The monoisotopic (exact) mass is 366 g/mol. The standard InChI is InChI=1S/C18H23FN2O3S/c19-18(3-4-18)16(23)21-11-14(17(12-21)5-7-24-8-6-17)15(22)20-10-13-2-1-9-25-13/h1-2,9,14H,3-8,10-12H2,(H,20,22). The fourth-order valence-electron chi connectivity index (χ4n) is 4.09. The number of amides is 2. The van der Waals surface area contributed by atoms with E-state index in [0.717, 1.165) is 17.7 Å². The largest absolute Gasteiger partial charge is 0.381 e. The van der Waals surface area contributed by atoms with Crippen LogP contribution in [0.1, 0.15) is 30.6 Å². The van der Waals surface area contributed by atoms with E-state index in [1.165, 1.54) is 0 Å². The zero-order chi connectivity index (χ0) is 17.5. The highest BCUT2D eigenvalue weighted by molar-refractivity contribution is 7.09. The summed E-state index contributed by atoms with van der Waals surface area (Å²) in [5, 5.41) is 4.99. The molecule has 1 atom stereocenters. The topological polar surface area (TPSA) is 58.6 Å². The molecule has 3 heterocycles. The summed E-state index contributed by atoms with van der Waals surface area (Å²) in [5.41, 5.74) is -1.95. The molecular formula is C18H23FN2O3S. The quantitative estimate of drug-likeness (QED) is 0.888. The molecule has 136 valence electrons. The molecule has 7 heteroatoms. The number of carbonyl (C=O) groups is 2. The summed E-state index contributed by atoms with van der Waals surface area (Å²) in [6.07, 6.45) is 2.11. The summed E-state index contributed by atoms with van der Waals surface area (Å²) in [4.78, 5) is 28.0. The number of nitrogens with one attached hydrogen (secondary N) is 1. The fourth-order valence-corrected chi connectivity index (χ4v) is 4.73. The number of nitrogens with zero attached hydrogens (tertiary/aromatic N) is 1. The molecule has 5 nitrogen and oxygen atoms in total. The van der Waals surface area contributed by atoms with E-state index in [-0.39, 0.29) is 17.2 Å². The van der Waals surface area contributed by atoms with Crippen LogP contribution in [0.15, 0.2) is 17.5 Å². The van der Waals surface area contributed by atoms with Crippen LogP contribution in [0, 0.1) is 11.3 Å². The maximum atomic E-state index is 14.2. The molecule has 3 fully saturated rings. The maximum Gasteiger partial charge on any atom is 0.260 e. The van der Waals surface area contributed by atoms with E-state index in [0.29, 0.717) is 45.7 Å². The van der Waals surface area contributed by atoms with Crippen LogP contribution in [0.4, 0.5) is 4.39 Å². The number of hydrogen-bond donors (Lipinski definition) is 1. The first-order valence-electron chi connectivity index (χ1n) is 8.89. The number of alkyl halides is 1. The number of halogens is 1. The number of ether oxygens (including phenoxy) is 1. The molecule has 2 amide bonds. The van der Waals surface area contributed by atoms with Crippen LogP contribution in [0.3, 0.4) is 0 Å². The zero-order valence-corrected chi connectivity index (χ0v) is 14.9. The number of thiophene rings is 1. The second-order valence-electron chi connectivity index (χ2n) is 7.48. The van der Waals surface area contributed by atoms with Gasteiger partial charge in [0.2, 0.25) is 5.91 Å². The Morgan fingerprint density at radius 3 is 2.72 bits per heavy atom. The molecule has 3 aliphatic rings. The molecule has 1 aromatic heterocycles. The minimum absolute atomic E-state index is 0.0331. The molecule has 1 aliphatic carbocycles. The van der Waals surface area contributed by atoms with Crippen molar-refractivity contribution < 1.29 is 18.7 Å². The Labute approximate surface area is 150 Å². The predicted octanol–water partition coefficient (Wildman–Crippen LogP) is 2.12. The van der Waals surface area contributed by atoms with Gasteiger partial charge in [-0.3, -0.25) is 9.59 Å². The van der Waals surface area contributed by atoms with Gasteiger partial charge in [0.05, 0.1) is 12.5 Å². The molecule has 2 saturated heterocycles. The highest BCUT2D eigenvalue weighted by Crippen LogP contribution is 2.48. The summed E-state index contributed by atoms with van der Waals surface area (Å²) < 4.78 is 19.7. The van der Waals surface area contributed by atoms with Crippen molar-refractivity contribution in [2.45, 2.75) is 37.9 Å². The van der Waals surface area contributed by atoms with Gasteiger partial charge in [0.15, 0.2) is 5.67 Å². The van der Waals surface area contributed by atoms with Crippen LogP contribution in [-0.4, -0.2) is 48.7 Å². The van der Waals surface area contributed by atoms with Crippen molar-refractivity contribution in [2.75, 3.05) is 26.3 Å². The lowest BCUT2D eigenvalue weighted by Crippen LogP contribution is -2.44. The Bertz CT molecular complexity index is 653. The molecule has 0 aromatic carbocycles. The van der Waals surface area contributed by atoms with Crippen LogP contribution in [0.5, 0.6) is 0 Å². The maximum absolute atomic E-state index is 14.2. The van der Waals surface area contributed by atoms with Crippen molar-refractivity contribution in [3.8, 4) is 0 Å². The minimum Gasteiger partial charge on any atom is -0.381 e. The second-order valence-corrected chi connectivity index (χ2v) is 8.51. The summed E-state index contributed by atoms with van der Waals surface area (Å²) in [6.45, 7) is 2.48. The summed E-state index contributed by atoms with van der Waals surface area (Å²) in [6, 6.07) is 3.94. The van der Waals surface area contributed by atoms with Crippen LogP contribution in [0.25, 0.3) is 0 Å². The van der Waals surface area contributed by atoms with Crippen molar-refractivity contribution in [1.82, 2.24) is 10.2 Å². The minimum atomic E-state index is -1.67. The molecule has 0 radical (unpaired) electrons. The number of rotatable bonds is 4. The zero-order valence-electron chi connectivity index (χ0n) is 14.1. The Balaban J connectivity index is 1.48. The van der Waals surface area contributed by atoms with E-state index >= 15 is 0 Å². The van der Waals surface area contributed by atoms with Gasteiger partial charge in [0, 0.05) is 36.6 Å². The average molecular weight is 366 g/mol. The molecule has 4 rings (SSSR count). The SMILES string of the molecule is O=C(NCc1cccs1)C1CN(C(=O)C2(F)CC2)CC12CCOCC2. The van der Waals surface area contributed by atoms with Gasteiger partial charge in [-0.25, -0.2) is 4.39 Å². The van der Waals surface area contributed by atoms with Crippen molar-refractivity contribution in [3.05, 3.63) is 22.4 Å². The van der Waals surface area contributed by atoms with Gasteiger partial charge in [-0.05, 0) is 37.1 Å². The highest BCUT2D eigenvalue weighted by Gasteiger charge is 2.58. The highest BCUT2D eigenvalue weighted by atomic mass is 32.1. The first-order chi connectivity index (χ1) is 12.0. The van der Waals surface area contributed by atoms with E-state index < -0.39 is 11.6 Å². The number of likely N-dealkylation sites (tertiary alicyclic amines) is 1. The lowest BCUT2D eigenvalue weighted by atomic mass is 9.72. The molecule has 2 aliphatic heterocycles. The van der Waals surface area contributed by atoms with Crippen molar-refractivity contribution in [1.29, 1.82) is 0 Å². The lowest BCUT2D eigenvalue weighted by Gasteiger charge is -2.37. The van der Waals surface area contributed by atoms with Crippen LogP contribution in [0.2, 0.25) is 0 Å². The molecule has 25 heavy (non-hydrogen) atoms. The van der Waals surface area contributed by atoms with Gasteiger partial charge in [0.25, 0.3) is 5.91 Å². The summed E-state index contributed by atoms with van der Waals surface area (Å²) in [5.74, 6) is -0.746. The summed E-state index contributed by atoms with van der Waals surface area (Å²) in [7, 11) is 0. The third-order valence-corrected chi connectivity index (χ3v) is 6.71. The Morgan fingerprint density at radius 2 is 2.08 bits per heavy atom. The molecule has 1 aromatic rings. The molecule has 1 saturated carbocycles. The summed E-state index contributed by atoms with van der Waals surface area (Å²) >= 11 is 1.60. The van der Waals surface area contributed by atoms with E-state index in [9.17, 15) is 14.0 Å². The van der Waals surface area contributed by atoms with Crippen molar-refractivity contribution in [3.63, 3.8) is 0 Å². The first kappa shape index (κ1) is 17.0. The van der Waals surface area contributed by atoms with E-state index in [1.807, 2.05) is 17.5 Å². The van der Waals surface area contributed by atoms with Crippen LogP contribution in [-0.2, 0) is 20.9 Å². The fraction of sp³-hybridized carbons (Fsp3) is 0.667. The number of hydrogen-bond acceptors (Lipinski definition) is 4. The smallest absolute Gasteiger partial charge is 0.260 e. The van der Waals surface area contributed by atoms with Crippen molar-refractivity contribution in [2.24, 2.45) is 11.3 Å². The van der Waals surface area contributed by atoms with Gasteiger partial charge >= 0.3 is 0 Å². The van der Waals surface area contributed by atoms with E-state index in [2.05, 4.69) is 5.32 Å². The number of carbonyl (C=O) groups excluding carboxylic acids is 2. The van der Waals surface area contributed by atoms with Gasteiger partial charge in [0.1, 0.15) is 0 Å². The normalized spacial score (nSPS) is 26.6. The van der Waals surface area contributed by atoms with Crippen LogP contribution >= 0.6 is 11.3 Å². The van der Waals surface area contributed by atoms with Gasteiger partial charge in [-0.2, -0.15) is 0 Å². The van der Waals surface area contributed by atoms with Gasteiger partial charge in [-0.1, -0.05) is 6.07 Å². The van der Waals surface area contributed by atoms with E-state index in [4.69, 9.17) is 4.74 Å². The molecule has 0 bridgehead atoms. The Morgan fingerprint density at radius 1 is 1.32 bits per heavy atom. The van der Waals surface area contributed by atoms with Crippen molar-refractivity contribution >= 4 is 23.2 Å². The van der Waals surface area contributed by atoms with Gasteiger partial charge in [-0.15, -0.1) is 11.3 Å². The average Bonchev–Trinajstić information content (AvgIpc) is 3.03. The molecular weight excluding hydrogens is 343 g/mol. The Kier molecular flexibility index (Phi) is 4.32. The molecule has 1 unspecified atom stereocenters. The predicted molar refractivity (Wildman–Crippen MR) is 91.8 cm³/mol. The third kappa shape index (κ3) is 3.19. The Hall–Kier alpha value is -1.47.